The third kappa shape index (κ3) is 6.81. The summed E-state index contributed by atoms with van der Waals surface area (Å²) in [6, 6.07) is 31.6. The van der Waals surface area contributed by atoms with Crippen LogP contribution in [0.25, 0.3) is 11.1 Å². The van der Waals surface area contributed by atoms with Gasteiger partial charge in [0.05, 0.1) is 0 Å². The van der Waals surface area contributed by atoms with Crippen LogP contribution >= 0.6 is 0 Å². The Morgan fingerprint density at radius 3 is 1.89 bits per heavy atom. The van der Waals surface area contributed by atoms with E-state index in [2.05, 4.69) is 16.0 Å². The molecule has 0 aliphatic carbocycles. The fourth-order valence-corrected chi connectivity index (χ4v) is 3.82. The van der Waals surface area contributed by atoms with E-state index < -0.39 is 12.1 Å². The second-order valence-corrected chi connectivity index (χ2v) is 8.67. The lowest BCUT2D eigenvalue weighted by Crippen LogP contribution is -2.46. The zero-order chi connectivity index (χ0) is 25.3. The van der Waals surface area contributed by atoms with E-state index in [1.807, 2.05) is 110 Å². The number of amides is 3. The van der Waals surface area contributed by atoms with Gasteiger partial charge in [0, 0.05) is 24.3 Å². The van der Waals surface area contributed by atoms with Crippen LogP contribution in [0, 0.1) is 6.92 Å². The second-order valence-electron chi connectivity index (χ2n) is 8.67. The molecule has 0 radical (unpaired) electrons. The van der Waals surface area contributed by atoms with E-state index in [0.717, 1.165) is 27.8 Å². The number of anilines is 2. The smallest absolute Gasteiger partial charge is 0.319 e. The van der Waals surface area contributed by atoms with Gasteiger partial charge in [-0.25, -0.2) is 4.79 Å². The Morgan fingerprint density at radius 1 is 0.694 bits per heavy atom. The van der Waals surface area contributed by atoms with Crippen molar-refractivity contribution in [3.8, 4) is 11.1 Å². The molecule has 4 aromatic rings. The highest BCUT2D eigenvalue weighted by Gasteiger charge is 2.22. The highest BCUT2D eigenvalue weighted by atomic mass is 16.2. The van der Waals surface area contributed by atoms with Gasteiger partial charge in [0.25, 0.3) is 0 Å². The van der Waals surface area contributed by atoms with Crippen LogP contribution in [0.1, 0.15) is 16.7 Å². The molecule has 0 bridgehead atoms. The van der Waals surface area contributed by atoms with Crippen molar-refractivity contribution in [3.05, 3.63) is 120 Å². The quantitative estimate of drug-likeness (QED) is 0.270. The minimum atomic E-state index is -0.779. The van der Waals surface area contributed by atoms with Crippen LogP contribution in [0.3, 0.4) is 0 Å². The molecular weight excluding hydrogens is 448 g/mol. The maximum absolute atomic E-state index is 13.1. The zero-order valence-corrected chi connectivity index (χ0v) is 20.2. The van der Waals surface area contributed by atoms with Crippen LogP contribution in [-0.2, 0) is 17.8 Å². The molecule has 0 aliphatic rings. The molecule has 4 rings (SSSR count). The summed E-state index contributed by atoms with van der Waals surface area (Å²) >= 11 is 0. The average Bonchev–Trinajstić information content (AvgIpc) is 2.91. The Hall–Kier alpha value is -4.42. The summed E-state index contributed by atoms with van der Waals surface area (Å²) in [5.41, 5.74) is 12.2. The van der Waals surface area contributed by atoms with Gasteiger partial charge in [0.2, 0.25) is 5.91 Å². The Morgan fingerprint density at radius 2 is 1.25 bits per heavy atom. The topological polar surface area (TPSA) is 96.2 Å². The van der Waals surface area contributed by atoms with E-state index in [0.29, 0.717) is 24.3 Å². The van der Waals surface area contributed by atoms with Crippen molar-refractivity contribution >= 4 is 23.3 Å². The first-order chi connectivity index (χ1) is 17.5. The highest BCUT2D eigenvalue weighted by Crippen LogP contribution is 2.21. The summed E-state index contributed by atoms with van der Waals surface area (Å²) in [4.78, 5) is 26.0. The molecule has 0 saturated heterocycles. The lowest BCUT2D eigenvalue weighted by Gasteiger charge is -2.19. The van der Waals surface area contributed by atoms with Crippen molar-refractivity contribution in [1.29, 1.82) is 0 Å². The summed E-state index contributed by atoms with van der Waals surface area (Å²) in [5, 5.41) is 8.57. The van der Waals surface area contributed by atoms with Gasteiger partial charge in [0.1, 0.15) is 6.04 Å². The lowest BCUT2D eigenvalue weighted by atomic mass is 10.0. The van der Waals surface area contributed by atoms with Crippen LogP contribution in [0.15, 0.2) is 103 Å². The molecular formula is C30H30N4O2. The SMILES string of the molecule is Cc1ccc(NC(=O)[C@H](Cc2ccc(CN)cc2)NC(=O)Nc2ccc(-c3ccccc3)cc2)cc1. The minimum absolute atomic E-state index is 0.295. The molecule has 0 fully saturated rings. The van der Waals surface area contributed by atoms with E-state index in [1.54, 1.807) is 0 Å². The predicted molar refractivity (Wildman–Crippen MR) is 146 cm³/mol. The Labute approximate surface area is 211 Å². The fraction of sp³-hybridized carbons (Fsp3) is 0.133. The Bertz CT molecular complexity index is 1290. The Kier molecular flexibility index (Phi) is 8.11. The fourth-order valence-electron chi connectivity index (χ4n) is 3.82. The van der Waals surface area contributed by atoms with Crippen molar-refractivity contribution in [1.82, 2.24) is 5.32 Å². The average molecular weight is 479 g/mol. The standard InChI is InChI=1S/C30H30N4O2/c1-21-7-15-26(16-8-21)32-29(35)28(19-22-9-11-23(20-31)12-10-22)34-30(36)33-27-17-13-25(14-18-27)24-5-3-2-4-6-24/h2-18,28H,19-20,31H2,1H3,(H,32,35)(H2,33,34,36)/t28-/m0/s1. The molecule has 4 aromatic carbocycles. The van der Waals surface area contributed by atoms with Crippen molar-refractivity contribution in [2.75, 3.05) is 10.6 Å². The summed E-state index contributed by atoms with van der Waals surface area (Å²) in [7, 11) is 0. The molecule has 0 unspecified atom stereocenters. The van der Waals surface area contributed by atoms with Crippen LogP contribution in [-0.4, -0.2) is 18.0 Å². The molecule has 0 saturated carbocycles. The summed E-state index contributed by atoms with van der Waals surface area (Å²) in [6.45, 7) is 2.43. The van der Waals surface area contributed by atoms with Crippen molar-refractivity contribution in [2.24, 2.45) is 5.73 Å². The molecule has 6 nitrogen and oxygen atoms in total. The van der Waals surface area contributed by atoms with Gasteiger partial charge in [-0.3, -0.25) is 4.79 Å². The minimum Gasteiger partial charge on any atom is -0.326 e. The molecule has 5 N–H and O–H groups in total. The number of hydrogen-bond acceptors (Lipinski definition) is 3. The predicted octanol–water partition coefficient (Wildman–Crippen LogP) is 5.49. The number of hydrogen-bond donors (Lipinski definition) is 4. The maximum Gasteiger partial charge on any atom is 0.319 e. The number of nitrogens with two attached hydrogens (primary N) is 1. The van der Waals surface area contributed by atoms with E-state index in [4.69, 9.17) is 5.73 Å². The first-order valence-electron chi connectivity index (χ1n) is 11.9. The normalized spacial score (nSPS) is 11.4. The van der Waals surface area contributed by atoms with E-state index in [-0.39, 0.29) is 5.91 Å². The van der Waals surface area contributed by atoms with Crippen molar-refractivity contribution in [2.45, 2.75) is 25.9 Å². The van der Waals surface area contributed by atoms with E-state index in [1.165, 1.54) is 0 Å². The summed E-state index contributed by atoms with van der Waals surface area (Å²) in [6.07, 6.45) is 0.336. The largest absolute Gasteiger partial charge is 0.326 e. The van der Waals surface area contributed by atoms with Gasteiger partial charge in [0.15, 0.2) is 0 Å². The van der Waals surface area contributed by atoms with Gasteiger partial charge < -0.3 is 21.7 Å². The molecule has 0 heterocycles. The summed E-state index contributed by atoms with van der Waals surface area (Å²) in [5.74, 6) is -0.295. The molecule has 0 spiro atoms. The number of urea groups is 1. The van der Waals surface area contributed by atoms with Crippen LogP contribution in [0.2, 0.25) is 0 Å². The third-order valence-electron chi connectivity index (χ3n) is 5.89. The van der Waals surface area contributed by atoms with Gasteiger partial charge in [-0.1, -0.05) is 84.4 Å². The van der Waals surface area contributed by atoms with E-state index >= 15 is 0 Å². The molecule has 1 atom stereocenters. The van der Waals surface area contributed by atoms with Crippen molar-refractivity contribution in [3.63, 3.8) is 0 Å². The van der Waals surface area contributed by atoms with Gasteiger partial charge in [-0.05, 0) is 53.4 Å². The second kappa shape index (κ2) is 11.8. The van der Waals surface area contributed by atoms with Gasteiger partial charge in [-0.2, -0.15) is 0 Å². The number of nitrogens with one attached hydrogen (secondary N) is 3. The number of carbonyl (C=O) groups is 2. The first kappa shape index (κ1) is 24.7. The number of rotatable bonds is 8. The maximum atomic E-state index is 13.1. The Balaban J connectivity index is 1.45. The number of benzene rings is 4. The lowest BCUT2D eigenvalue weighted by molar-refractivity contribution is -0.117. The first-order valence-corrected chi connectivity index (χ1v) is 11.9. The molecule has 3 amide bonds. The van der Waals surface area contributed by atoms with Crippen LogP contribution in [0.4, 0.5) is 16.2 Å². The molecule has 6 heteroatoms. The van der Waals surface area contributed by atoms with Gasteiger partial charge >= 0.3 is 6.03 Å². The van der Waals surface area contributed by atoms with Crippen molar-refractivity contribution < 1.29 is 9.59 Å². The van der Waals surface area contributed by atoms with Crippen LogP contribution < -0.4 is 21.7 Å². The summed E-state index contributed by atoms with van der Waals surface area (Å²) < 4.78 is 0. The van der Waals surface area contributed by atoms with E-state index in [9.17, 15) is 9.59 Å². The molecule has 182 valence electrons. The number of aryl methyl sites for hydroxylation is 1. The zero-order valence-electron chi connectivity index (χ0n) is 20.2. The molecule has 0 aromatic heterocycles. The molecule has 0 aliphatic heterocycles. The third-order valence-corrected chi connectivity index (χ3v) is 5.89. The molecule has 36 heavy (non-hydrogen) atoms. The number of carbonyl (C=O) groups excluding carboxylic acids is 2. The monoisotopic (exact) mass is 478 g/mol. The van der Waals surface area contributed by atoms with Crippen LogP contribution in [0.5, 0.6) is 0 Å². The van der Waals surface area contributed by atoms with Gasteiger partial charge in [-0.15, -0.1) is 0 Å². The highest BCUT2D eigenvalue weighted by molar-refractivity contribution is 5.99.